The second-order valence-electron chi connectivity index (χ2n) is 3.62. The highest BCUT2D eigenvalue weighted by molar-refractivity contribution is 6.42. The summed E-state index contributed by atoms with van der Waals surface area (Å²) in [5.41, 5.74) is 0.762. The van der Waals surface area contributed by atoms with Crippen molar-refractivity contribution in [3.05, 3.63) is 39.9 Å². The molecule has 0 saturated heterocycles. The van der Waals surface area contributed by atoms with Crippen LogP contribution >= 0.6 is 23.2 Å². The van der Waals surface area contributed by atoms with E-state index in [4.69, 9.17) is 23.2 Å². The van der Waals surface area contributed by atoms with Crippen LogP contribution in [0.4, 0.5) is 0 Å². The molecular formula is C13H13Cl2NO3. The molecule has 19 heavy (non-hydrogen) atoms. The van der Waals surface area contributed by atoms with Crippen LogP contribution in [0, 0.1) is 0 Å². The second kappa shape index (κ2) is 7.81. The average molecular weight is 302 g/mol. The summed E-state index contributed by atoms with van der Waals surface area (Å²) in [6.45, 7) is 0.233. The van der Waals surface area contributed by atoms with Crippen LogP contribution < -0.4 is 5.32 Å². The zero-order chi connectivity index (χ0) is 14.3. The van der Waals surface area contributed by atoms with Crippen molar-refractivity contribution < 1.29 is 14.3 Å². The van der Waals surface area contributed by atoms with Crippen molar-refractivity contribution >= 4 is 41.2 Å². The van der Waals surface area contributed by atoms with Crippen LogP contribution in [0.2, 0.25) is 10.0 Å². The molecule has 6 heteroatoms. The van der Waals surface area contributed by atoms with E-state index in [9.17, 15) is 9.59 Å². The molecule has 0 spiro atoms. The van der Waals surface area contributed by atoms with Gasteiger partial charge in [0.2, 0.25) is 5.91 Å². The molecule has 1 rings (SSSR count). The molecule has 1 N–H and O–H groups in total. The average Bonchev–Trinajstić information content (AvgIpc) is 2.40. The largest absolute Gasteiger partial charge is 0.469 e. The first-order valence-corrected chi connectivity index (χ1v) is 6.26. The minimum atomic E-state index is -0.367. The molecule has 4 nitrogen and oxygen atoms in total. The Balaban J connectivity index is 2.45. The lowest BCUT2D eigenvalue weighted by atomic mass is 10.2. The summed E-state index contributed by atoms with van der Waals surface area (Å²) in [4.78, 5) is 22.3. The fourth-order valence-electron chi connectivity index (χ4n) is 1.24. The predicted molar refractivity (Wildman–Crippen MR) is 75.1 cm³/mol. The molecule has 0 radical (unpaired) electrons. The number of rotatable bonds is 5. The Morgan fingerprint density at radius 3 is 2.68 bits per heavy atom. The number of carbonyl (C=O) groups is 2. The van der Waals surface area contributed by atoms with Crippen molar-refractivity contribution in [1.82, 2.24) is 5.32 Å². The van der Waals surface area contributed by atoms with Crippen molar-refractivity contribution in [1.29, 1.82) is 0 Å². The first kappa shape index (κ1) is 15.5. The molecule has 0 aliphatic rings. The molecule has 1 amide bonds. The summed E-state index contributed by atoms with van der Waals surface area (Å²) in [5, 5.41) is 3.44. The number of carbonyl (C=O) groups excluding carboxylic acids is 2. The third kappa shape index (κ3) is 5.77. The number of esters is 1. The number of nitrogens with one attached hydrogen (secondary N) is 1. The van der Waals surface area contributed by atoms with Crippen molar-refractivity contribution in [2.75, 3.05) is 13.7 Å². The monoisotopic (exact) mass is 301 g/mol. The molecule has 102 valence electrons. The summed E-state index contributed by atoms with van der Waals surface area (Å²) in [7, 11) is 1.30. The summed E-state index contributed by atoms with van der Waals surface area (Å²) >= 11 is 11.6. The number of benzene rings is 1. The number of amides is 1. The quantitative estimate of drug-likeness (QED) is 0.672. The van der Waals surface area contributed by atoms with Crippen molar-refractivity contribution in [2.45, 2.75) is 6.42 Å². The van der Waals surface area contributed by atoms with Gasteiger partial charge in [-0.2, -0.15) is 0 Å². The number of ether oxygens (including phenoxy) is 1. The van der Waals surface area contributed by atoms with E-state index in [0.717, 1.165) is 5.56 Å². The topological polar surface area (TPSA) is 55.4 Å². The fraction of sp³-hybridized carbons (Fsp3) is 0.231. The molecule has 0 aromatic heterocycles. The number of halogens is 2. The van der Waals surface area contributed by atoms with Crippen molar-refractivity contribution in [3.8, 4) is 0 Å². The fourth-order valence-corrected chi connectivity index (χ4v) is 1.54. The van der Waals surface area contributed by atoms with E-state index in [0.29, 0.717) is 10.0 Å². The zero-order valence-electron chi connectivity index (χ0n) is 10.3. The Hall–Kier alpha value is -1.52. The molecule has 0 aliphatic carbocycles. The van der Waals surface area contributed by atoms with Gasteiger partial charge in [0.25, 0.3) is 0 Å². The molecule has 0 heterocycles. The third-order valence-electron chi connectivity index (χ3n) is 2.23. The van der Waals surface area contributed by atoms with E-state index in [1.165, 1.54) is 13.2 Å². The number of hydrogen-bond acceptors (Lipinski definition) is 3. The maximum absolute atomic E-state index is 11.4. The Morgan fingerprint density at radius 2 is 2.05 bits per heavy atom. The second-order valence-corrected chi connectivity index (χ2v) is 4.44. The van der Waals surface area contributed by atoms with Gasteiger partial charge >= 0.3 is 5.97 Å². The minimum absolute atomic E-state index is 0.142. The van der Waals surface area contributed by atoms with Gasteiger partial charge in [0.05, 0.1) is 23.6 Å². The molecule has 0 saturated carbocycles. The smallest absolute Gasteiger partial charge is 0.307 e. The van der Waals surface area contributed by atoms with Crippen LogP contribution in [-0.4, -0.2) is 25.5 Å². The molecule has 0 unspecified atom stereocenters. The lowest BCUT2D eigenvalue weighted by Crippen LogP contribution is -2.24. The number of hydrogen-bond donors (Lipinski definition) is 1. The Kier molecular flexibility index (Phi) is 6.39. The minimum Gasteiger partial charge on any atom is -0.469 e. The standard InChI is InChI=1S/C13H13Cl2NO3/c1-19-13(18)6-7-16-12(17)5-3-9-2-4-10(14)11(15)8-9/h2-5,8H,6-7H2,1H3,(H,16,17). The van der Waals surface area contributed by atoms with Gasteiger partial charge in [0.15, 0.2) is 0 Å². The summed E-state index contributed by atoms with van der Waals surface area (Å²) in [6, 6.07) is 5.05. The van der Waals surface area contributed by atoms with Crippen molar-refractivity contribution in [2.24, 2.45) is 0 Å². The van der Waals surface area contributed by atoms with Gasteiger partial charge in [-0.15, -0.1) is 0 Å². The van der Waals surface area contributed by atoms with Crippen LogP contribution in [-0.2, 0) is 14.3 Å². The zero-order valence-corrected chi connectivity index (χ0v) is 11.8. The molecule has 0 atom stereocenters. The highest BCUT2D eigenvalue weighted by Gasteiger charge is 2.01. The number of methoxy groups -OCH3 is 1. The molecule has 0 bridgehead atoms. The molecular weight excluding hydrogens is 289 g/mol. The summed E-state index contributed by atoms with van der Waals surface area (Å²) < 4.78 is 4.45. The maximum atomic E-state index is 11.4. The Bertz CT molecular complexity index is 501. The van der Waals surface area contributed by atoms with E-state index in [2.05, 4.69) is 10.1 Å². The highest BCUT2D eigenvalue weighted by Crippen LogP contribution is 2.22. The Morgan fingerprint density at radius 1 is 1.32 bits per heavy atom. The first-order chi connectivity index (χ1) is 9.02. The van der Waals surface area contributed by atoms with E-state index in [-0.39, 0.29) is 24.8 Å². The van der Waals surface area contributed by atoms with Gasteiger partial charge in [-0.1, -0.05) is 29.3 Å². The van der Waals surface area contributed by atoms with Gasteiger partial charge in [-0.05, 0) is 23.8 Å². The van der Waals surface area contributed by atoms with Gasteiger partial charge < -0.3 is 10.1 Å². The first-order valence-electron chi connectivity index (χ1n) is 5.50. The molecule has 1 aromatic rings. The van der Waals surface area contributed by atoms with Crippen LogP contribution in [0.1, 0.15) is 12.0 Å². The lowest BCUT2D eigenvalue weighted by molar-refractivity contribution is -0.140. The van der Waals surface area contributed by atoms with E-state index >= 15 is 0 Å². The molecule has 0 fully saturated rings. The lowest BCUT2D eigenvalue weighted by Gasteiger charge is -2.01. The van der Waals surface area contributed by atoms with Crippen LogP contribution in [0.5, 0.6) is 0 Å². The third-order valence-corrected chi connectivity index (χ3v) is 2.97. The van der Waals surface area contributed by atoms with E-state index in [1.54, 1.807) is 24.3 Å². The summed E-state index contributed by atoms with van der Waals surface area (Å²) in [5.74, 6) is -0.663. The Labute approximate surface area is 121 Å². The normalized spacial score (nSPS) is 10.5. The van der Waals surface area contributed by atoms with Gasteiger partial charge in [-0.25, -0.2) is 0 Å². The van der Waals surface area contributed by atoms with Crippen LogP contribution in [0.15, 0.2) is 24.3 Å². The maximum Gasteiger partial charge on any atom is 0.307 e. The van der Waals surface area contributed by atoms with Gasteiger partial charge in [0.1, 0.15) is 0 Å². The SMILES string of the molecule is COC(=O)CCNC(=O)C=Cc1ccc(Cl)c(Cl)c1. The molecule has 0 aliphatic heterocycles. The van der Waals surface area contributed by atoms with Crippen LogP contribution in [0.3, 0.4) is 0 Å². The van der Waals surface area contributed by atoms with E-state index in [1.807, 2.05) is 0 Å². The predicted octanol–water partition coefficient (Wildman–Crippen LogP) is 2.69. The van der Waals surface area contributed by atoms with E-state index < -0.39 is 0 Å². The van der Waals surface area contributed by atoms with Crippen LogP contribution in [0.25, 0.3) is 6.08 Å². The molecule has 1 aromatic carbocycles. The van der Waals surface area contributed by atoms with Gasteiger partial charge in [-0.3, -0.25) is 9.59 Å². The van der Waals surface area contributed by atoms with Gasteiger partial charge in [0, 0.05) is 12.6 Å². The summed E-state index contributed by atoms with van der Waals surface area (Å²) in [6.07, 6.45) is 3.11. The highest BCUT2D eigenvalue weighted by atomic mass is 35.5. The van der Waals surface area contributed by atoms with Crippen molar-refractivity contribution in [3.63, 3.8) is 0 Å².